The third-order valence-electron chi connectivity index (χ3n) is 5.89. The highest BCUT2D eigenvalue weighted by Crippen LogP contribution is 2.31. The van der Waals surface area contributed by atoms with Crippen molar-refractivity contribution in [2.75, 3.05) is 13.1 Å². The Morgan fingerprint density at radius 3 is 2.42 bits per heavy atom. The summed E-state index contributed by atoms with van der Waals surface area (Å²) in [4.78, 5) is 12.8. The van der Waals surface area contributed by atoms with E-state index in [0.717, 1.165) is 17.8 Å². The largest absolute Gasteiger partial charge is 0.360 e. The second-order valence-corrected chi connectivity index (χ2v) is 9.86. The summed E-state index contributed by atoms with van der Waals surface area (Å²) >= 11 is 0. The van der Waals surface area contributed by atoms with E-state index in [0.29, 0.717) is 43.9 Å². The maximum Gasteiger partial charge on any atom is 0.345 e. The molecule has 1 fully saturated rings. The van der Waals surface area contributed by atoms with Crippen molar-refractivity contribution in [3.05, 3.63) is 63.7 Å². The molecule has 1 aromatic carbocycles. The monoisotopic (exact) mass is 445 g/mol. The van der Waals surface area contributed by atoms with Crippen molar-refractivity contribution >= 4 is 10.0 Å². The minimum atomic E-state index is -3.66. The number of rotatable bonds is 6. The van der Waals surface area contributed by atoms with Crippen molar-refractivity contribution < 1.29 is 12.9 Å². The molecule has 10 heteroatoms. The number of piperidine rings is 1. The van der Waals surface area contributed by atoms with Crippen LogP contribution in [-0.4, -0.2) is 45.3 Å². The van der Waals surface area contributed by atoms with Crippen LogP contribution in [0.4, 0.5) is 0 Å². The van der Waals surface area contributed by atoms with Gasteiger partial charge in [-0.2, -0.15) is 9.40 Å². The molecule has 1 aliphatic heterocycles. The highest BCUT2D eigenvalue weighted by molar-refractivity contribution is 7.89. The van der Waals surface area contributed by atoms with Crippen molar-refractivity contribution in [2.45, 2.75) is 50.5 Å². The van der Waals surface area contributed by atoms with E-state index in [9.17, 15) is 13.2 Å². The predicted molar refractivity (Wildman–Crippen MR) is 114 cm³/mol. The lowest BCUT2D eigenvalue weighted by Gasteiger charge is -2.30. The minimum Gasteiger partial charge on any atom is -0.360 e. The molecule has 0 atom stereocenters. The Bertz CT molecular complexity index is 1200. The Morgan fingerprint density at radius 1 is 1.13 bits per heavy atom. The van der Waals surface area contributed by atoms with Gasteiger partial charge in [0.05, 0.1) is 0 Å². The molecule has 0 unspecified atom stereocenters. The van der Waals surface area contributed by atoms with Gasteiger partial charge in [-0.25, -0.2) is 17.9 Å². The van der Waals surface area contributed by atoms with Gasteiger partial charge in [0.15, 0.2) is 5.76 Å². The Morgan fingerprint density at radius 2 is 1.81 bits per heavy atom. The van der Waals surface area contributed by atoms with Crippen LogP contribution in [0.2, 0.25) is 0 Å². The molecule has 1 aliphatic rings. The topological polar surface area (TPSA) is 103 Å². The van der Waals surface area contributed by atoms with E-state index in [1.165, 1.54) is 8.99 Å². The van der Waals surface area contributed by atoms with Crippen molar-refractivity contribution in [3.63, 3.8) is 0 Å². The zero-order chi connectivity index (χ0) is 22.2. The summed E-state index contributed by atoms with van der Waals surface area (Å²) in [6.07, 6.45) is 1.94. The number of hydrogen-bond acceptors (Lipinski definition) is 6. The summed E-state index contributed by atoms with van der Waals surface area (Å²) in [6, 6.07) is 10.0. The molecule has 4 rings (SSSR count). The third-order valence-corrected chi connectivity index (χ3v) is 8.03. The van der Waals surface area contributed by atoms with E-state index in [4.69, 9.17) is 4.52 Å². The lowest BCUT2D eigenvalue weighted by atomic mass is 9.97. The van der Waals surface area contributed by atoms with Gasteiger partial charge in [-0.05, 0) is 38.7 Å². The second-order valence-electron chi connectivity index (χ2n) is 7.98. The zero-order valence-corrected chi connectivity index (χ0v) is 18.8. The predicted octanol–water partition coefficient (Wildman–Crippen LogP) is 2.00. The standard InChI is InChI=1S/C21H27N5O4S/c1-15-19(16(2)30-23-15)31(28,29)25-12-10-18(11-13-25)20-22-24(3)21(27)26(20)14-9-17-7-5-4-6-8-17/h4-8,18H,9-14H2,1-3H3. The molecular formula is C21H27N5O4S. The molecule has 3 aromatic rings. The first-order valence-corrected chi connectivity index (χ1v) is 11.8. The van der Waals surface area contributed by atoms with E-state index in [2.05, 4.69) is 10.3 Å². The number of benzene rings is 1. The molecule has 0 aliphatic carbocycles. The lowest BCUT2D eigenvalue weighted by molar-refractivity contribution is 0.307. The number of nitrogens with zero attached hydrogens (tertiary/aromatic N) is 5. The fourth-order valence-electron chi connectivity index (χ4n) is 4.25. The first-order valence-electron chi connectivity index (χ1n) is 10.4. The Hall–Kier alpha value is -2.72. The Labute approximate surface area is 181 Å². The van der Waals surface area contributed by atoms with Gasteiger partial charge in [-0.3, -0.25) is 4.57 Å². The molecule has 0 bridgehead atoms. The number of aromatic nitrogens is 4. The van der Waals surface area contributed by atoms with Crippen molar-refractivity contribution in [1.82, 2.24) is 23.8 Å². The van der Waals surface area contributed by atoms with E-state index < -0.39 is 10.0 Å². The average molecular weight is 446 g/mol. The maximum atomic E-state index is 13.1. The van der Waals surface area contributed by atoms with Gasteiger partial charge in [0, 0.05) is 32.6 Å². The normalized spacial score (nSPS) is 16.1. The summed E-state index contributed by atoms with van der Waals surface area (Å²) in [5, 5.41) is 8.26. The van der Waals surface area contributed by atoms with Crippen molar-refractivity contribution in [2.24, 2.45) is 7.05 Å². The molecule has 0 saturated carbocycles. The fraction of sp³-hybridized carbons (Fsp3) is 0.476. The third kappa shape index (κ3) is 4.09. The highest BCUT2D eigenvalue weighted by Gasteiger charge is 2.35. The van der Waals surface area contributed by atoms with Crippen LogP contribution in [0.25, 0.3) is 0 Å². The Balaban J connectivity index is 1.50. The molecule has 31 heavy (non-hydrogen) atoms. The minimum absolute atomic E-state index is 0.0285. The quantitative estimate of drug-likeness (QED) is 0.575. The number of sulfonamides is 1. The second kappa shape index (κ2) is 8.43. The van der Waals surface area contributed by atoms with Crippen LogP contribution < -0.4 is 5.69 Å². The van der Waals surface area contributed by atoms with Crippen LogP contribution >= 0.6 is 0 Å². The molecule has 0 N–H and O–H groups in total. The van der Waals surface area contributed by atoms with Gasteiger partial charge in [0.1, 0.15) is 16.4 Å². The van der Waals surface area contributed by atoms with Crippen LogP contribution in [0, 0.1) is 13.8 Å². The maximum absolute atomic E-state index is 13.1. The average Bonchev–Trinajstić information content (AvgIpc) is 3.26. The molecule has 2 aromatic heterocycles. The van der Waals surface area contributed by atoms with E-state index in [1.807, 2.05) is 30.3 Å². The first-order chi connectivity index (χ1) is 14.8. The van der Waals surface area contributed by atoms with E-state index in [1.54, 1.807) is 25.5 Å². The summed E-state index contributed by atoms with van der Waals surface area (Å²) < 4.78 is 35.8. The summed E-state index contributed by atoms with van der Waals surface area (Å²) in [7, 11) is -2.01. The molecule has 0 spiro atoms. The number of aryl methyl sites for hydroxylation is 4. The molecule has 0 amide bonds. The molecule has 1 saturated heterocycles. The smallest absolute Gasteiger partial charge is 0.345 e. The van der Waals surface area contributed by atoms with Gasteiger partial charge < -0.3 is 4.52 Å². The summed E-state index contributed by atoms with van der Waals surface area (Å²) in [6.45, 7) is 4.51. The van der Waals surface area contributed by atoms with Crippen LogP contribution in [-0.2, 0) is 30.0 Å². The van der Waals surface area contributed by atoms with E-state index in [-0.39, 0.29) is 16.5 Å². The molecule has 0 radical (unpaired) electrons. The van der Waals surface area contributed by atoms with E-state index >= 15 is 0 Å². The Kier molecular flexibility index (Phi) is 5.85. The zero-order valence-electron chi connectivity index (χ0n) is 18.0. The molecule has 9 nitrogen and oxygen atoms in total. The van der Waals surface area contributed by atoms with Gasteiger partial charge >= 0.3 is 5.69 Å². The van der Waals surface area contributed by atoms with Gasteiger partial charge in [-0.15, -0.1) is 0 Å². The number of hydrogen-bond donors (Lipinski definition) is 0. The van der Waals surface area contributed by atoms with Crippen LogP contribution in [0.15, 0.2) is 44.5 Å². The van der Waals surface area contributed by atoms with Gasteiger partial charge in [0.25, 0.3) is 0 Å². The van der Waals surface area contributed by atoms with Crippen LogP contribution in [0.5, 0.6) is 0 Å². The van der Waals surface area contributed by atoms with Crippen LogP contribution in [0.1, 0.15) is 41.6 Å². The first kappa shape index (κ1) is 21.5. The van der Waals surface area contributed by atoms with Crippen LogP contribution in [0.3, 0.4) is 0 Å². The lowest BCUT2D eigenvalue weighted by Crippen LogP contribution is -2.39. The fourth-order valence-corrected chi connectivity index (χ4v) is 6.01. The molecular weight excluding hydrogens is 418 g/mol. The van der Waals surface area contributed by atoms with Crippen molar-refractivity contribution in [1.29, 1.82) is 0 Å². The molecule has 166 valence electrons. The molecule has 3 heterocycles. The SMILES string of the molecule is Cc1noc(C)c1S(=O)(=O)N1CCC(c2nn(C)c(=O)n2CCc2ccccc2)CC1. The summed E-state index contributed by atoms with van der Waals surface area (Å²) in [5.74, 6) is 1.07. The summed E-state index contributed by atoms with van der Waals surface area (Å²) in [5.41, 5.74) is 1.39. The van der Waals surface area contributed by atoms with Gasteiger partial charge in [-0.1, -0.05) is 35.5 Å². The highest BCUT2D eigenvalue weighted by atomic mass is 32.2. The van der Waals surface area contributed by atoms with Gasteiger partial charge in [0.2, 0.25) is 10.0 Å². The van der Waals surface area contributed by atoms with Crippen molar-refractivity contribution in [3.8, 4) is 0 Å².